The van der Waals surface area contributed by atoms with E-state index in [-0.39, 0.29) is 0 Å². The Labute approximate surface area is 127 Å². The number of benzene rings is 2. The third kappa shape index (κ3) is 2.25. The van der Waals surface area contributed by atoms with Crippen molar-refractivity contribution in [3.63, 3.8) is 0 Å². The quantitative estimate of drug-likeness (QED) is 0.743. The Morgan fingerprint density at radius 2 is 1.71 bits per heavy atom. The lowest BCUT2D eigenvalue weighted by Crippen LogP contribution is -1.96. The summed E-state index contributed by atoms with van der Waals surface area (Å²) in [7, 11) is 3.24. The van der Waals surface area contributed by atoms with Crippen LogP contribution in [0.3, 0.4) is 0 Å². The van der Waals surface area contributed by atoms with Gasteiger partial charge in [0.15, 0.2) is 11.5 Å². The Bertz CT molecular complexity index is 858. The van der Waals surface area contributed by atoms with Crippen molar-refractivity contribution >= 4 is 23.0 Å². The highest BCUT2D eigenvalue weighted by Crippen LogP contribution is 2.39. The average Bonchev–Trinajstić information content (AvgIpc) is 2.54. The molecule has 0 radical (unpaired) electrons. The fraction of sp³-hybridized carbons (Fsp3) is 0.125. The smallest absolute Gasteiger partial charge is 0.170 e. The monoisotopic (exact) mass is 298 g/mol. The molecular weight excluding hydrogens is 284 g/mol. The van der Waals surface area contributed by atoms with Gasteiger partial charge >= 0.3 is 0 Å². The Hall–Kier alpha value is -2.40. The zero-order chi connectivity index (χ0) is 14.8. The number of rotatable bonds is 3. The predicted molar refractivity (Wildman–Crippen MR) is 85.5 cm³/mol. The highest BCUT2D eigenvalue weighted by atomic mass is 32.1. The average molecular weight is 298 g/mol. The van der Waals surface area contributed by atoms with Crippen LogP contribution in [0.4, 0.5) is 0 Å². The SMILES string of the molecule is COc1cccc(-c2n[nH]c(=S)c3ccccc23)c1OC. The van der Waals surface area contributed by atoms with E-state index in [4.69, 9.17) is 21.7 Å². The number of ether oxygens (including phenoxy) is 2. The summed E-state index contributed by atoms with van der Waals surface area (Å²) < 4.78 is 11.5. The summed E-state index contributed by atoms with van der Waals surface area (Å²) in [6.07, 6.45) is 0. The van der Waals surface area contributed by atoms with Crippen molar-refractivity contribution < 1.29 is 9.47 Å². The number of aromatic amines is 1. The molecule has 2 aromatic carbocycles. The fourth-order valence-corrected chi connectivity index (χ4v) is 2.62. The molecule has 4 nitrogen and oxygen atoms in total. The van der Waals surface area contributed by atoms with Gasteiger partial charge in [-0.05, 0) is 12.1 Å². The topological polar surface area (TPSA) is 47.1 Å². The van der Waals surface area contributed by atoms with Crippen LogP contribution in [0.2, 0.25) is 0 Å². The highest BCUT2D eigenvalue weighted by Gasteiger charge is 2.15. The van der Waals surface area contributed by atoms with Crippen LogP contribution in [0.15, 0.2) is 42.5 Å². The second-order valence-electron chi connectivity index (χ2n) is 4.49. The summed E-state index contributed by atoms with van der Waals surface area (Å²) in [6, 6.07) is 13.6. The summed E-state index contributed by atoms with van der Waals surface area (Å²) in [5, 5.41) is 9.23. The molecule has 0 fully saturated rings. The van der Waals surface area contributed by atoms with E-state index >= 15 is 0 Å². The molecule has 0 unspecified atom stereocenters. The lowest BCUT2D eigenvalue weighted by atomic mass is 10.0. The highest BCUT2D eigenvalue weighted by molar-refractivity contribution is 7.71. The van der Waals surface area contributed by atoms with Gasteiger partial charge in [-0.2, -0.15) is 5.10 Å². The molecule has 3 rings (SSSR count). The number of para-hydroxylation sites is 1. The van der Waals surface area contributed by atoms with Gasteiger partial charge < -0.3 is 9.47 Å². The van der Waals surface area contributed by atoms with Crippen LogP contribution in [0.1, 0.15) is 0 Å². The molecule has 0 aliphatic rings. The van der Waals surface area contributed by atoms with Gasteiger partial charge in [0.1, 0.15) is 10.3 Å². The van der Waals surface area contributed by atoms with E-state index in [0.717, 1.165) is 22.0 Å². The number of hydrogen-bond acceptors (Lipinski definition) is 4. The first-order valence-electron chi connectivity index (χ1n) is 6.45. The largest absolute Gasteiger partial charge is 0.493 e. The molecular formula is C16H14N2O2S. The minimum atomic E-state index is 0.621. The van der Waals surface area contributed by atoms with Crippen LogP contribution < -0.4 is 9.47 Å². The first-order valence-corrected chi connectivity index (χ1v) is 6.86. The standard InChI is InChI=1S/C16H14N2O2S/c1-19-13-9-5-8-12(15(13)20-2)14-10-6-3-4-7-11(10)16(21)18-17-14/h3-9H,1-2H3,(H,18,21). The normalized spacial score (nSPS) is 10.6. The molecule has 0 amide bonds. The second-order valence-corrected chi connectivity index (χ2v) is 4.90. The minimum absolute atomic E-state index is 0.621. The van der Waals surface area contributed by atoms with E-state index in [1.54, 1.807) is 14.2 Å². The van der Waals surface area contributed by atoms with Crippen LogP contribution in [0.5, 0.6) is 11.5 Å². The van der Waals surface area contributed by atoms with E-state index in [2.05, 4.69) is 10.2 Å². The first kappa shape index (κ1) is 13.6. The van der Waals surface area contributed by atoms with Gasteiger partial charge in [-0.1, -0.05) is 42.5 Å². The number of nitrogens with zero attached hydrogens (tertiary/aromatic N) is 1. The van der Waals surface area contributed by atoms with E-state index in [1.165, 1.54) is 0 Å². The molecule has 0 saturated carbocycles. The van der Waals surface area contributed by atoms with Crippen molar-refractivity contribution in [2.45, 2.75) is 0 Å². The molecule has 5 heteroatoms. The fourth-order valence-electron chi connectivity index (χ4n) is 2.39. The molecule has 1 heterocycles. The molecule has 1 aromatic heterocycles. The molecule has 0 saturated heterocycles. The zero-order valence-electron chi connectivity index (χ0n) is 11.7. The Balaban J connectivity index is 2.37. The Morgan fingerprint density at radius 3 is 2.43 bits per heavy atom. The minimum Gasteiger partial charge on any atom is -0.493 e. The third-order valence-corrected chi connectivity index (χ3v) is 3.67. The van der Waals surface area contributed by atoms with Gasteiger partial charge in [-0.25, -0.2) is 0 Å². The van der Waals surface area contributed by atoms with Crippen molar-refractivity contribution in [2.75, 3.05) is 14.2 Å². The molecule has 1 N–H and O–H groups in total. The van der Waals surface area contributed by atoms with Crippen molar-refractivity contribution in [2.24, 2.45) is 0 Å². The van der Waals surface area contributed by atoms with Gasteiger partial charge in [-0.3, -0.25) is 5.10 Å². The summed E-state index contributed by atoms with van der Waals surface area (Å²) in [5.41, 5.74) is 1.65. The van der Waals surface area contributed by atoms with E-state index in [1.807, 2.05) is 42.5 Å². The zero-order valence-corrected chi connectivity index (χ0v) is 12.5. The molecule has 0 atom stereocenters. The molecule has 0 spiro atoms. The summed E-state index contributed by atoms with van der Waals surface area (Å²) in [6.45, 7) is 0. The summed E-state index contributed by atoms with van der Waals surface area (Å²) in [4.78, 5) is 0. The van der Waals surface area contributed by atoms with Crippen LogP contribution in [-0.2, 0) is 0 Å². The van der Waals surface area contributed by atoms with Crippen molar-refractivity contribution in [1.29, 1.82) is 0 Å². The number of fused-ring (bicyclic) bond motifs is 1. The van der Waals surface area contributed by atoms with Gasteiger partial charge in [0.2, 0.25) is 0 Å². The Kier molecular flexibility index (Phi) is 3.58. The maximum absolute atomic E-state index is 5.50. The lowest BCUT2D eigenvalue weighted by Gasteiger charge is -2.13. The lowest BCUT2D eigenvalue weighted by molar-refractivity contribution is 0.356. The first-order chi connectivity index (χ1) is 10.3. The Morgan fingerprint density at radius 1 is 0.952 bits per heavy atom. The van der Waals surface area contributed by atoms with Crippen molar-refractivity contribution in [3.05, 3.63) is 47.1 Å². The number of aromatic nitrogens is 2. The third-order valence-electron chi connectivity index (χ3n) is 3.35. The number of nitrogens with one attached hydrogen (secondary N) is 1. The van der Waals surface area contributed by atoms with Crippen LogP contribution in [-0.4, -0.2) is 24.4 Å². The van der Waals surface area contributed by atoms with Crippen LogP contribution >= 0.6 is 12.2 Å². The van der Waals surface area contributed by atoms with Gasteiger partial charge in [-0.15, -0.1) is 0 Å². The maximum Gasteiger partial charge on any atom is 0.170 e. The van der Waals surface area contributed by atoms with Gasteiger partial charge in [0.05, 0.1) is 14.2 Å². The summed E-state index contributed by atoms with van der Waals surface area (Å²) in [5.74, 6) is 1.33. The van der Waals surface area contributed by atoms with Crippen molar-refractivity contribution in [1.82, 2.24) is 10.2 Å². The molecule has 0 aliphatic heterocycles. The second kappa shape index (κ2) is 5.54. The van der Waals surface area contributed by atoms with Gasteiger partial charge in [0.25, 0.3) is 0 Å². The molecule has 106 valence electrons. The predicted octanol–water partition coefficient (Wildman–Crippen LogP) is 3.98. The molecule has 0 aliphatic carbocycles. The van der Waals surface area contributed by atoms with Crippen molar-refractivity contribution in [3.8, 4) is 22.8 Å². The van der Waals surface area contributed by atoms with Gasteiger partial charge in [0, 0.05) is 16.3 Å². The molecule has 3 aromatic rings. The molecule has 21 heavy (non-hydrogen) atoms. The van der Waals surface area contributed by atoms with Crippen LogP contribution in [0, 0.1) is 4.64 Å². The summed E-state index contributed by atoms with van der Waals surface area (Å²) >= 11 is 5.30. The molecule has 0 bridgehead atoms. The van der Waals surface area contributed by atoms with Crippen LogP contribution in [0.25, 0.3) is 22.0 Å². The van der Waals surface area contributed by atoms with E-state index in [9.17, 15) is 0 Å². The maximum atomic E-state index is 5.50. The number of H-pyrrole nitrogens is 1. The van der Waals surface area contributed by atoms with E-state index in [0.29, 0.717) is 16.1 Å². The number of methoxy groups -OCH3 is 2. The van der Waals surface area contributed by atoms with E-state index < -0.39 is 0 Å². The number of hydrogen-bond donors (Lipinski definition) is 1.